The molecule has 2 fully saturated rings. The largest absolute Gasteiger partial charge is 0.349 e. The van der Waals surface area contributed by atoms with Crippen LogP contribution >= 0.6 is 0 Å². The Kier molecular flexibility index (Phi) is 5.99. The molecule has 1 atom stereocenters. The molecule has 0 heterocycles. The minimum atomic E-state index is -2.63. The Morgan fingerprint density at radius 3 is 2.54 bits per heavy atom. The van der Waals surface area contributed by atoms with E-state index in [1.165, 1.54) is 0 Å². The lowest BCUT2D eigenvalue weighted by molar-refractivity contribution is -0.126. The first kappa shape index (κ1) is 18.4. The van der Waals surface area contributed by atoms with Crippen LogP contribution in [0.3, 0.4) is 0 Å². The SMILES string of the molecule is C=CC(C#CC1CC1)=CC=C(C(=O)NC1CC(F)(F)C1)C(C)CC. The van der Waals surface area contributed by atoms with Gasteiger partial charge >= 0.3 is 0 Å². The molecule has 2 saturated carbocycles. The summed E-state index contributed by atoms with van der Waals surface area (Å²) in [7, 11) is 0. The Morgan fingerprint density at radius 1 is 1.38 bits per heavy atom. The van der Waals surface area contributed by atoms with Gasteiger partial charge in [0.1, 0.15) is 0 Å². The third kappa shape index (κ3) is 5.33. The number of hydrogen-bond acceptors (Lipinski definition) is 1. The molecule has 2 rings (SSSR count). The van der Waals surface area contributed by atoms with Crippen molar-refractivity contribution in [3.05, 3.63) is 36.0 Å². The van der Waals surface area contributed by atoms with Crippen molar-refractivity contribution < 1.29 is 13.6 Å². The highest BCUT2D eigenvalue weighted by atomic mass is 19.3. The number of carbonyl (C=O) groups excluding carboxylic acids is 1. The van der Waals surface area contributed by atoms with Gasteiger partial charge in [-0.05, 0) is 31.3 Å². The highest BCUT2D eigenvalue weighted by molar-refractivity contribution is 5.94. The van der Waals surface area contributed by atoms with E-state index in [2.05, 4.69) is 23.7 Å². The molecule has 0 aromatic rings. The summed E-state index contributed by atoms with van der Waals surface area (Å²) in [5.41, 5.74) is 1.37. The van der Waals surface area contributed by atoms with Crippen molar-refractivity contribution in [3.63, 3.8) is 0 Å². The van der Waals surface area contributed by atoms with Crippen LogP contribution in [0.5, 0.6) is 0 Å². The maximum atomic E-state index is 12.9. The van der Waals surface area contributed by atoms with Crippen LogP contribution in [0.25, 0.3) is 0 Å². The van der Waals surface area contributed by atoms with E-state index >= 15 is 0 Å². The Bertz CT molecular complexity index is 609. The molecule has 0 saturated heterocycles. The maximum Gasteiger partial charge on any atom is 0.252 e. The third-order valence-electron chi connectivity index (χ3n) is 4.49. The van der Waals surface area contributed by atoms with Gasteiger partial charge in [-0.25, -0.2) is 8.78 Å². The molecule has 4 heteroatoms. The Balaban J connectivity index is 2.07. The first-order valence-electron chi connectivity index (χ1n) is 8.59. The van der Waals surface area contributed by atoms with Crippen LogP contribution in [0.4, 0.5) is 8.78 Å². The molecule has 0 bridgehead atoms. The fourth-order valence-corrected chi connectivity index (χ4v) is 2.47. The number of nitrogens with one attached hydrogen (secondary N) is 1. The zero-order valence-electron chi connectivity index (χ0n) is 14.4. The molecule has 2 aliphatic rings. The smallest absolute Gasteiger partial charge is 0.252 e. The predicted molar refractivity (Wildman–Crippen MR) is 92.4 cm³/mol. The third-order valence-corrected chi connectivity index (χ3v) is 4.49. The van der Waals surface area contributed by atoms with Crippen LogP contribution < -0.4 is 5.32 Å². The van der Waals surface area contributed by atoms with Crippen molar-refractivity contribution in [2.75, 3.05) is 0 Å². The van der Waals surface area contributed by atoms with Gasteiger partial charge in [-0.1, -0.05) is 44.4 Å². The zero-order chi connectivity index (χ0) is 17.7. The first-order valence-corrected chi connectivity index (χ1v) is 8.59. The number of carbonyl (C=O) groups is 1. The Morgan fingerprint density at radius 2 is 2.04 bits per heavy atom. The van der Waals surface area contributed by atoms with Gasteiger partial charge in [0.2, 0.25) is 5.91 Å². The number of amides is 1. The zero-order valence-corrected chi connectivity index (χ0v) is 14.4. The van der Waals surface area contributed by atoms with E-state index < -0.39 is 12.0 Å². The lowest BCUT2D eigenvalue weighted by atomic mass is 9.87. The molecule has 0 aromatic heterocycles. The standard InChI is InChI=1S/C20H25F2NO/c1-4-14(3)18(19(24)23-17-12-20(21,22)13-17)11-10-15(5-2)6-7-16-8-9-16/h5,10-11,14,16-17H,2,4,8-9,12-13H2,1,3H3,(H,23,24). The molecule has 2 aliphatic carbocycles. The summed E-state index contributed by atoms with van der Waals surface area (Å²) < 4.78 is 25.8. The molecular formula is C20H25F2NO. The van der Waals surface area contributed by atoms with Crippen LogP contribution in [-0.2, 0) is 4.79 Å². The van der Waals surface area contributed by atoms with Crippen LogP contribution in [0.15, 0.2) is 36.0 Å². The summed E-state index contributed by atoms with van der Waals surface area (Å²) in [6.07, 6.45) is 7.77. The highest BCUT2D eigenvalue weighted by Gasteiger charge is 2.46. The summed E-state index contributed by atoms with van der Waals surface area (Å²) in [4.78, 5) is 12.4. The van der Waals surface area contributed by atoms with E-state index in [4.69, 9.17) is 0 Å². The summed E-state index contributed by atoms with van der Waals surface area (Å²) in [6.45, 7) is 7.70. The maximum absolute atomic E-state index is 12.9. The second kappa shape index (κ2) is 7.79. The molecule has 1 N–H and O–H groups in total. The summed E-state index contributed by atoms with van der Waals surface area (Å²) in [5, 5.41) is 2.71. The van der Waals surface area contributed by atoms with Gasteiger partial charge in [0.15, 0.2) is 0 Å². The van der Waals surface area contributed by atoms with Gasteiger partial charge in [-0.2, -0.15) is 0 Å². The van der Waals surface area contributed by atoms with Crippen molar-refractivity contribution in [1.82, 2.24) is 5.32 Å². The number of allylic oxidation sites excluding steroid dienone is 4. The van der Waals surface area contributed by atoms with E-state index in [1.54, 1.807) is 18.2 Å². The number of alkyl halides is 2. The van der Waals surface area contributed by atoms with Crippen LogP contribution in [0.2, 0.25) is 0 Å². The molecule has 24 heavy (non-hydrogen) atoms. The van der Waals surface area contributed by atoms with E-state index in [0.29, 0.717) is 11.5 Å². The Labute approximate surface area is 143 Å². The van der Waals surface area contributed by atoms with Crippen LogP contribution in [-0.4, -0.2) is 17.9 Å². The predicted octanol–water partition coefficient (Wildman–Crippen LogP) is 4.40. The van der Waals surface area contributed by atoms with Gasteiger partial charge in [0, 0.05) is 35.9 Å². The lowest BCUT2D eigenvalue weighted by Gasteiger charge is -2.35. The molecule has 130 valence electrons. The van der Waals surface area contributed by atoms with Gasteiger partial charge < -0.3 is 5.32 Å². The first-order chi connectivity index (χ1) is 11.3. The quantitative estimate of drug-likeness (QED) is 0.436. The average Bonchev–Trinajstić information content (AvgIpc) is 3.32. The van der Waals surface area contributed by atoms with Crippen molar-refractivity contribution in [2.45, 2.75) is 57.9 Å². The number of hydrogen-bond donors (Lipinski definition) is 1. The molecule has 0 aromatic carbocycles. The molecule has 2 nitrogen and oxygen atoms in total. The minimum Gasteiger partial charge on any atom is -0.349 e. The fourth-order valence-electron chi connectivity index (χ4n) is 2.47. The van der Waals surface area contributed by atoms with Crippen molar-refractivity contribution in [3.8, 4) is 11.8 Å². The van der Waals surface area contributed by atoms with Gasteiger partial charge in [0.25, 0.3) is 5.92 Å². The van der Waals surface area contributed by atoms with Crippen LogP contribution in [0, 0.1) is 23.7 Å². The van der Waals surface area contributed by atoms with Gasteiger partial charge in [-0.15, -0.1) is 0 Å². The van der Waals surface area contributed by atoms with Gasteiger partial charge in [0.05, 0.1) is 0 Å². The molecule has 0 radical (unpaired) electrons. The summed E-state index contributed by atoms with van der Waals surface area (Å²) in [5.74, 6) is 3.88. The molecular weight excluding hydrogens is 308 g/mol. The van der Waals surface area contributed by atoms with Crippen molar-refractivity contribution >= 4 is 5.91 Å². The second-order valence-corrected chi connectivity index (χ2v) is 6.74. The van der Waals surface area contributed by atoms with E-state index in [9.17, 15) is 13.6 Å². The molecule has 0 spiro atoms. The number of halogens is 2. The number of rotatable bonds is 6. The topological polar surface area (TPSA) is 29.1 Å². The summed E-state index contributed by atoms with van der Waals surface area (Å²) >= 11 is 0. The van der Waals surface area contributed by atoms with Crippen LogP contribution in [0.1, 0.15) is 46.0 Å². The monoisotopic (exact) mass is 333 g/mol. The lowest BCUT2D eigenvalue weighted by Crippen LogP contribution is -2.51. The average molecular weight is 333 g/mol. The Hall–Kier alpha value is -1.89. The second-order valence-electron chi connectivity index (χ2n) is 6.74. The van der Waals surface area contributed by atoms with E-state index in [0.717, 1.165) is 24.8 Å². The van der Waals surface area contributed by atoms with Crippen molar-refractivity contribution in [1.29, 1.82) is 0 Å². The normalized spacial score (nSPS) is 22.0. The van der Waals surface area contributed by atoms with Crippen molar-refractivity contribution in [2.24, 2.45) is 11.8 Å². The fraction of sp³-hybridized carbons (Fsp3) is 0.550. The van der Waals surface area contributed by atoms with E-state index in [-0.39, 0.29) is 24.7 Å². The molecule has 1 amide bonds. The summed E-state index contributed by atoms with van der Waals surface area (Å²) in [6, 6.07) is -0.433. The molecule has 0 aliphatic heterocycles. The van der Waals surface area contributed by atoms with E-state index in [1.807, 2.05) is 13.8 Å². The van der Waals surface area contributed by atoms with Gasteiger partial charge in [-0.3, -0.25) is 4.79 Å². The minimum absolute atomic E-state index is 0.0456. The molecule has 1 unspecified atom stereocenters. The highest BCUT2D eigenvalue weighted by Crippen LogP contribution is 2.37.